The fourth-order valence-electron chi connectivity index (χ4n) is 1.96. The van der Waals surface area contributed by atoms with E-state index in [0.29, 0.717) is 12.5 Å². The molecule has 17 heavy (non-hydrogen) atoms. The number of hydrogen-bond donors (Lipinski definition) is 1. The minimum atomic E-state index is -2.78. The van der Waals surface area contributed by atoms with Gasteiger partial charge < -0.3 is 5.73 Å². The van der Waals surface area contributed by atoms with Crippen LogP contribution in [0.15, 0.2) is 0 Å². The Hall–Kier alpha value is -1.53. The molecule has 7 heteroatoms. The van der Waals surface area contributed by atoms with Crippen molar-refractivity contribution in [1.82, 2.24) is 15.0 Å². The first-order valence-corrected chi connectivity index (χ1v) is 5.61. The van der Waals surface area contributed by atoms with Gasteiger partial charge in [0.1, 0.15) is 5.69 Å². The summed E-state index contributed by atoms with van der Waals surface area (Å²) in [5.74, 6) is -0.378. The molecular weight excluding hydrogens is 230 g/mol. The highest BCUT2D eigenvalue weighted by molar-refractivity contribution is 5.91. The molecule has 2 N–H and O–H groups in total. The third kappa shape index (κ3) is 2.42. The molecule has 1 aromatic heterocycles. The van der Waals surface area contributed by atoms with Crippen LogP contribution in [0.1, 0.15) is 48.3 Å². The van der Waals surface area contributed by atoms with E-state index in [2.05, 4.69) is 10.3 Å². The predicted octanol–water partition coefficient (Wildman–Crippen LogP) is 1.50. The Morgan fingerprint density at radius 3 is 2.71 bits per heavy atom. The van der Waals surface area contributed by atoms with Gasteiger partial charge in [-0.15, -0.1) is 5.10 Å². The van der Waals surface area contributed by atoms with Gasteiger partial charge in [0.15, 0.2) is 5.69 Å². The molecule has 0 aromatic carbocycles. The highest BCUT2D eigenvalue weighted by Crippen LogP contribution is 2.30. The van der Waals surface area contributed by atoms with Crippen molar-refractivity contribution in [3.8, 4) is 0 Å². The molecular formula is C10H14F2N4O. The SMILES string of the molecule is NC(=O)c1nnn(CCC2CCC2)c1C(F)F. The molecule has 1 amide bonds. The summed E-state index contributed by atoms with van der Waals surface area (Å²) in [5, 5.41) is 6.99. The Morgan fingerprint density at radius 1 is 1.53 bits per heavy atom. The van der Waals surface area contributed by atoms with Gasteiger partial charge in [-0.3, -0.25) is 4.79 Å². The van der Waals surface area contributed by atoms with Gasteiger partial charge in [0.05, 0.1) is 0 Å². The number of carbonyl (C=O) groups excluding carboxylic acids is 1. The van der Waals surface area contributed by atoms with Crippen LogP contribution in [0.4, 0.5) is 8.78 Å². The van der Waals surface area contributed by atoms with Crippen molar-refractivity contribution in [2.45, 2.75) is 38.7 Å². The lowest BCUT2D eigenvalue weighted by Gasteiger charge is -2.25. The minimum Gasteiger partial charge on any atom is -0.364 e. The van der Waals surface area contributed by atoms with Crippen LogP contribution in [0, 0.1) is 5.92 Å². The lowest BCUT2D eigenvalue weighted by molar-refractivity contribution is 0.0976. The maximum Gasteiger partial charge on any atom is 0.282 e. The quantitative estimate of drug-likeness (QED) is 0.853. The van der Waals surface area contributed by atoms with Gasteiger partial charge >= 0.3 is 0 Å². The average Bonchev–Trinajstić information content (AvgIpc) is 2.59. The minimum absolute atomic E-state index is 0.366. The van der Waals surface area contributed by atoms with Crippen molar-refractivity contribution < 1.29 is 13.6 Å². The van der Waals surface area contributed by atoms with Crippen LogP contribution in [-0.2, 0) is 6.54 Å². The van der Waals surface area contributed by atoms with E-state index in [0.717, 1.165) is 23.9 Å². The van der Waals surface area contributed by atoms with Gasteiger partial charge in [-0.25, -0.2) is 13.5 Å². The number of amides is 1. The zero-order valence-electron chi connectivity index (χ0n) is 9.27. The lowest BCUT2D eigenvalue weighted by Crippen LogP contribution is -2.18. The normalized spacial score (nSPS) is 16.2. The van der Waals surface area contributed by atoms with Gasteiger partial charge in [-0.2, -0.15) is 0 Å². The molecule has 0 bridgehead atoms. The number of alkyl halides is 2. The first-order chi connectivity index (χ1) is 8.09. The zero-order chi connectivity index (χ0) is 12.4. The van der Waals surface area contributed by atoms with Crippen molar-refractivity contribution in [2.24, 2.45) is 11.7 Å². The number of hydrogen-bond acceptors (Lipinski definition) is 3. The predicted molar refractivity (Wildman–Crippen MR) is 55.5 cm³/mol. The number of aryl methyl sites for hydroxylation is 1. The van der Waals surface area contributed by atoms with E-state index in [-0.39, 0.29) is 0 Å². The Morgan fingerprint density at radius 2 is 2.24 bits per heavy atom. The summed E-state index contributed by atoms with van der Waals surface area (Å²) in [6, 6.07) is 0. The molecule has 1 saturated carbocycles. The number of primary amides is 1. The molecule has 1 aliphatic carbocycles. The Kier molecular flexibility index (Phi) is 3.35. The average molecular weight is 244 g/mol. The van der Waals surface area contributed by atoms with Crippen LogP contribution in [-0.4, -0.2) is 20.9 Å². The van der Waals surface area contributed by atoms with Crippen LogP contribution < -0.4 is 5.73 Å². The molecule has 1 aliphatic rings. The van der Waals surface area contributed by atoms with Gasteiger partial charge in [0, 0.05) is 6.54 Å². The Balaban J connectivity index is 2.11. The maximum absolute atomic E-state index is 12.8. The zero-order valence-corrected chi connectivity index (χ0v) is 9.27. The summed E-state index contributed by atoms with van der Waals surface area (Å²) in [7, 11) is 0. The van der Waals surface area contributed by atoms with E-state index in [1.807, 2.05) is 0 Å². The molecule has 0 atom stereocenters. The molecule has 0 spiro atoms. The highest BCUT2D eigenvalue weighted by atomic mass is 19.3. The number of nitrogens with zero attached hydrogens (tertiary/aromatic N) is 3. The summed E-state index contributed by atoms with van der Waals surface area (Å²) in [6.45, 7) is 0.366. The molecule has 0 radical (unpaired) electrons. The van der Waals surface area contributed by atoms with Gasteiger partial charge in [0.2, 0.25) is 0 Å². The number of aromatic nitrogens is 3. The number of carbonyl (C=O) groups is 1. The first-order valence-electron chi connectivity index (χ1n) is 5.61. The summed E-state index contributed by atoms with van der Waals surface area (Å²) in [6.07, 6.45) is 1.49. The molecule has 2 rings (SSSR count). The largest absolute Gasteiger partial charge is 0.364 e. The second kappa shape index (κ2) is 4.77. The van der Waals surface area contributed by atoms with Crippen molar-refractivity contribution in [3.63, 3.8) is 0 Å². The Labute approximate surface area is 97.0 Å². The number of nitrogens with two attached hydrogens (primary N) is 1. The van der Waals surface area contributed by atoms with E-state index >= 15 is 0 Å². The van der Waals surface area contributed by atoms with Crippen LogP contribution in [0.2, 0.25) is 0 Å². The lowest BCUT2D eigenvalue weighted by atomic mass is 9.83. The monoisotopic (exact) mass is 244 g/mol. The summed E-state index contributed by atoms with van der Waals surface area (Å²) < 4.78 is 26.7. The van der Waals surface area contributed by atoms with E-state index in [9.17, 15) is 13.6 Å². The summed E-state index contributed by atoms with van der Waals surface area (Å²) in [4.78, 5) is 10.9. The number of halogens is 2. The van der Waals surface area contributed by atoms with Gasteiger partial charge in [-0.1, -0.05) is 24.5 Å². The molecule has 94 valence electrons. The third-order valence-electron chi connectivity index (χ3n) is 3.19. The summed E-state index contributed by atoms with van der Waals surface area (Å²) in [5.41, 5.74) is 4.09. The maximum atomic E-state index is 12.8. The molecule has 0 unspecified atom stereocenters. The van der Waals surface area contributed by atoms with Crippen LogP contribution in [0.5, 0.6) is 0 Å². The Bertz CT molecular complexity index is 414. The molecule has 1 heterocycles. The van der Waals surface area contributed by atoms with Gasteiger partial charge in [-0.05, 0) is 12.3 Å². The van der Waals surface area contributed by atoms with E-state index in [4.69, 9.17) is 5.73 Å². The van der Waals surface area contributed by atoms with E-state index in [1.54, 1.807) is 0 Å². The molecule has 0 saturated heterocycles. The van der Waals surface area contributed by atoms with E-state index in [1.165, 1.54) is 6.42 Å². The first kappa shape index (κ1) is 11.9. The van der Waals surface area contributed by atoms with Crippen molar-refractivity contribution in [3.05, 3.63) is 11.4 Å². The second-order valence-corrected chi connectivity index (χ2v) is 4.30. The van der Waals surface area contributed by atoms with Crippen LogP contribution in [0.3, 0.4) is 0 Å². The fraction of sp³-hybridized carbons (Fsp3) is 0.700. The fourth-order valence-corrected chi connectivity index (χ4v) is 1.96. The van der Waals surface area contributed by atoms with Crippen LogP contribution >= 0.6 is 0 Å². The van der Waals surface area contributed by atoms with Crippen molar-refractivity contribution in [1.29, 1.82) is 0 Å². The standard InChI is InChI=1S/C10H14F2N4O/c11-9(12)8-7(10(13)17)14-15-16(8)5-4-6-2-1-3-6/h6,9H,1-5H2,(H2,13,17). The van der Waals surface area contributed by atoms with Crippen molar-refractivity contribution in [2.75, 3.05) is 0 Å². The smallest absolute Gasteiger partial charge is 0.282 e. The molecule has 0 aliphatic heterocycles. The molecule has 1 fully saturated rings. The second-order valence-electron chi connectivity index (χ2n) is 4.30. The van der Waals surface area contributed by atoms with Crippen LogP contribution in [0.25, 0.3) is 0 Å². The highest BCUT2D eigenvalue weighted by Gasteiger charge is 2.26. The van der Waals surface area contributed by atoms with Crippen molar-refractivity contribution >= 4 is 5.91 Å². The van der Waals surface area contributed by atoms with Gasteiger partial charge in [0.25, 0.3) is 12.3 Å². The summed E-state index contributed by atoms with van der Waals surface area (Å²) >= 11 is 0. The van der Waals surface area contributed by atoms with E-state index < -0.39 is 23.7 Å². The third-order valence-corrected chi connectivity index (χ3v) is 3.19. The molecule has 1 aromatic rings. The number of rotatable bonds is 5. The molecule has 5 nitrogen and oxygen atoms in total. The topological polar surface area (TPSA) is 73.8 Å².